The van der Waals surface area contributed by atoms with Crippen molar-refractivity contribution in [2.75, 3.05) is 21.3 Å². The molecule has 7 nitrogen and oxygen atoms in total. The van der Waals surface area contributed by atoms with E-state index in [1.165, 1.54) is 33.5 Å². The van der Waals surface area contributed by atoms with Crippen LogP contribution in [0.2, 0.25) is 0 Å². The van der Waals surface area contributed by atoms with E-state index in [1.807, 2.05) is 0 Å². The first kappa shape index (κ1) is 16.5. The molecule has 5 rings (SSSR count). The monoisotopic (exact) mass is 348 g/mol. The number of methoxy groups -OCH3 is 3. The van der Waals surface area contributed by atoms with Crippen LogP contribution in [0.4, 0.5) is 0 Å². The Hall–Kier alpha value is -1.99. The van der Waals surface area contributed by atoms with Gasteiger partial charge < -0.3 is 18.9 Å². The van der Waals surface area contributed by atoms with Gasteiger partial charge in [0.15, 0.2) is 11.5 Å². The fourth-order valence-electron chi connectivity index (χ4n) is 5.04. The molecule has 1 heterocycles. The van der Waals surface area contributed by atoms with Crippen molar-refractivity contribution in [2.45, 2.75) is 37.1 Å². The topological polar surface area (TPSA) is 88.1 Å². The standard InChI is InChI=1S/C18H20O7/c1-22-15(21)17-8-10-4-6-16(17,9-12(10)20)13-11(19)5-7-18(23-2,24-3)14(13)25-17/h5,7,10H,4,6,8-9H2,1-3H3/t10-,16-,17+/m1/s1. The minimum absolute atomic E-state index is 0.0610. The molecule has 1 spiro atoms. The van der Waals surface area contributed by atoms with Crippen molar-refractivity contribution in [3.05, 3.63) is 23.5 Å². The van der Waals surface area contributed by atoms with E-state index in [0.717, 1.165) is 0 Å². The van der Waals surface area contributed by atoms with Gasteiger partial charge in [-0.25, -0.2) is 4.79 Å². The summed E-state index contributed by atoms with van der Waals surface area (Å²) in [7, 11) is 4.16. The number of Topliss-reactive ketones (excluding diaryl/α,β-unsaturated/α-hetero) is 1. The van der Waals surface area contributed by atoms with E-state index in [4.69, 9.17) is 18.9 Å². The van der Waals surface area contributed by atoms with Gasteiger partial charge in [0.2, 0.25) is 11.4 Å². The summed E-state index contributed by atoms with van der Waals surface area (Å²) in [5.41, 5.74) is -2.09. The van der Waals surface area contributed by atoms with Crippen LogP contribution in [-0.4, -0.2) is 50.3 Å². The lowest BCUT2D eigenvalue weighted by Crippen LogP contribution is -2.63. The van der Waals surface area contributed by atoms with Gasteiger partial charge in [0, 0.05) is 33.0 Å². The first-order valence-corrected chi connectivity index (χ1v) is 8.29. The number of hydrogen-bond donors (Lipinski definition) is 0. The number of allylic oxidation sites excluding steroid dienone is 1. The van der Waals surface area contributed by atoms with E-state index < -0.39 is 22.8 Å². The van der Waals surface area contributed by atoms with Gasteiger partial charge in [0.1, 0.15) is 5.78 Å². The Morgan fingerprint density at radius 1 is 1.24 bits per heavy atom. The van der Waals surface area contributed by atoms with Crippen LogP contribution in [0.5, 0.6) is 0 Å². The zero-order chi connectivity index (χ0) is 18.0. The Kier molecular flexibility index (Phi) is 3.31. The van der Waals surface area contributed by atoms with Crippen LogP contribution in [0.1, 0.15) is 25.7 Å². The molecule has 0 unspecified atom stereocenters. The number of carbonyl (C=O) groups excluding carboxylic acids is 3. The molecule has 3 saturated carbocycles. The van der Waals surface area contributed by atoms with Crippen molar-refractivity contribution < 1.29 is 33.3 Å². The van der Waals surface area contributed by atoms with E-state index in [0.29, 0.717) is 18.4 Å². The molecule has 0 aromatic heterocycles. The lowest BCUT2D eigenvalue weighted by molar-refractivity contribution is -0.211. The fraction of sp³-hybridized carbons (Fsp3) is 0.611. The molecule has 2 bridgehead atoms. The maximum absolute atomic E-state index is 12.8. The predicted octanol–water partition coefficient (Wildman–Crippen LogP) is 1.07. The second-order valence-corrected chi connectivity index (χ2v) is 7.06. The number of esters is 1. The minimum atomic E-state index is -1.39. The van der Waals surface area contributed by atoms with Crippen LogP contribution in [0.25, 0.3) is 0 Å². The Balaban J connectivity index is 1.97. The number of ketones is 2. The average Bonchev–Trinajstić information content (AvgIpc) is 2.94. The first-order chi connectivity index (χ1) is 11.9. The smallest absolute Gasteiger partial charge is 0.351 e. The van der Waals surface area contributed by atoms with Crippen LogP contribution in [0.15, 0.2) is 23.5 Å². The van der Waals surface area contributed by atoms with E-state index in [2.05, 4.69) is 0 Å². The van der Waals surface area contributed by atoms with Gasteiger partial charge >= 0.3 is 5.97 Å². The van der Waals surface area contributed by atoms with Crippen molar-refractivity contribution >= 4 is 17.5 Å². The molecular weight excluding hydrogens is 328 g/mol. The van der Waals surface area contributed by atoms with Crippen LogP contribution < -0.4 is 0 Å². The molecule has 5 aliphatic rings. The Labute approximate surface area is 144 Å². The summed E-state index contributed by atoms with van der Waals surface area (Å²) in [5, 5.41) is 0. The highest BCUT2D eigenvalue weighted by Crippen LogP contribution is 2.66. The summed E-state index contributed by atoms with van der Waals surface area (Å²) >= 11 is 0. The molecule has 0 N–H and O–H groups in total. The summed E-state index contributed by atoms with van der Waals surface area (Å²) in [6.07, 6.45) is 4.28. The second-order valence-electron chi connectivity index (χ2n) is 7.06. The average molecular weight is 348 g/mol. The Morgan fingerprint density at radius 2 is 1.96 bits per heavy atom. The number of fused-ring (bicyclic) bond motifs is 2. The Bertz CT molecular complexity index is 745. The van der Waals surface area contributed by atoms with Crippen LogP contribution in [-0.2, 0) is 33.3 Å². The highest BCUT2D eigenvalue weighted by atomic mass is 16.7. The van der Waals surface area contributed by atoms with Gasteiger partial charge in [-0.2, -0.15) is 0 Å². The van der Waals surface area contributed by atoms with E-state index >= 15 is 0 Å². The Morgan fingerprint density at radius 3 is 2.56 bits per heavy atom. The summed E-state index contributed by atoms with van der Waals surface area (Å²) < 4.78 is 22.2. The molecule has 3 fully saturated rings. The zero-order valence-electron chi connectivity index (χ0n) is 14.4. The maximum atomic E-state index is 12.8. The first-order valence-electron chi connectivity index (χ1n) is 8.29. The highest BCUT2D eigenvalue weighted by molar-refractivity contribution is 6.10. The van der Waals surface area contributed by atoms with E-state index in [-0.39, 0.29) is 36.1 Å². The van der Waals surface area contributed by atoms with Crippen molar-refractivity contribution in [3.63, 3.8) is 0 Å². The lowest BCUT2D eigenvalue weighted by atomic mass is 9.49. The van der Waals surface area contributed by atoms with E-state index in [9.17, 15) is 14.4 Å². The summed E-state index contributed by atoms with van der Waals surface area (Å²) in [4.78, 5) is 38.1. The molecule has 3 atom stereocenters. The molecule has 0 radical (unpaired) electrons. The number of carbonyl (C=O) groups is 3. The van der Waals surface area contributed by atoms with Crippen molar-refractivity contribution in [1.29, 1.82) is 0 Å². The SMILES string of the molecule is COC(=O)[C@@]12C[C@H]3CC[C@@]1(CC3=O)C1=C(O2)C(OC)(OC)C=CC1=O. The molecule has 7 heteroatoms. The molecule has 0 aromatic carbocycles. The maximum Gasteiger partial charge on any atom is 0.351 e. The molecule has 0 aromatic rings. The van der Waals surface area contributed by atoms with Crippen molar-refractivity contribution in [2.24, 2.45) is 11.3 Å². The fourth-order valence-corrected chi connectivity index (χ4v) is 5.04. The number of hydrogen-bond acceptors (Lipinski definition) is 7. The van der Waals surface area contributed by atoms with Gasteiger partial charge in [-0.05, 0) is 25.0 Å². The summed E-state index contributed by atoms with van der Waals surface area (Å²) in [6, 6.07) is 0. The van der Waals surface area contributed by atoms with Crippen LogP contribution in [0, 0.1) is 11.3 Å². The van der Waals surface area contributed by atoms with Gasteiger partial charge in [0.05, 0.1) is 18.1 Å². The lowest BCUT2D eigenvalue weighted by Gasteiger charge is -2.52. The molecule has 134 valence electrons. The molecule has 1 aliphatic heterocycles. The highest BCUT2D eigenvalue weighted by Gasteiger charge is 2.75. The van der Waals surface area contributed by atoms with Crippen molar-refractivity contribution in [3.8, 4) is 0 Å². The number of ether oxygens (including phenoxy) is 4. The summed E-state index contributed by atoms with van der Waals surface area (Å²) in [5.74, 6) is -2.26. The largest absolute Gasteiger partial charge is 0.472 e. The van der Waals surface area contributed by atoms with E-state index in [1.54, 1.807) is 0 Å². The summed E-state index contributed by atoms with van der Waals surface area (Å²) in [6.45, 7) is 0. The quantitative estimate of drug-likeness (QED) is 0.557. The third-order valence-corrected chi connectivity index (χ3v) is 6.28. The molecule has 25 heavy (non-hydrogen) atoms. The minimum Gasteiger partial charge on any atom is -0.472 e. The zero-order valence-corrected chi connectivity index (χ0v) is 14.4. The third-order valence-electron chi connectivity index (χ3n) is 6.28. The normalized spacial score (nSPS) is 37.6. The number of rotatable bonds is 3. The van der Waals surface area contributed by atoms with Gasteiger partial charge in [-0.3, -0.25) is 9.59 Å². The van der Waals surface area contributed by atoms with Gasteiger partial charge in [-0.15, -0.1) is 0 Å². The van der Waals surface area contributed by atoms with Crippen LogP contribution >= 0.6 is 0 Å². The van der Waals surface area contributed by atoms with Gasteiger partial charge in [-0.1, -0.05) is 0 Å². The van der Waals surface area contributed by atoms with Crippen LogP contribution in [0.3, 0.4) is 0 Å². The molecular formula is C18H20O7. The van der Waals surface area contributed by atoms with Gasteiger partial charge in [0.25, 0.3) is 0 Å². The predicted molar refractivity (Wildman–Crippen MR) is 83.2 cm³/mol. The second kappa shape index (κ2) is 5.02. The third kappa shape index (κ3) is 1.70. The van der Waals surface area contributed by atoms with Crippen molar-refractivity contribution in [1.82, 2.24) is 0 Å². The molecule has 4 aliphatic carbocycles. The molecule has 0 amide bonds. The molecule has 0 saturated heterocycles.